The highest BCUT2D eigenvalue weighted by molar-refractivity contribution is 5.83. The minimum Gasteiger partial charge on any atom is -0.384 e. The van der Waals surface area contributed by atoms with Crippen molar-refractivity contribution in [2.45, 2.75) is 31.7 Å². The molecule has 116 valence electrons. The molecule has 0 radical (unpaired) electrons. The summed E-state index contributed by atoms with van der Waals surface area (Å²) in [7, 11) is 5.81. The number of carbonyl (C=O) groups is 1. The third kappa shape index (κ3) is 3.32. The molecular formula is C15H29N3O2. The van der Waals surface area contributed by atoms with Crippen molar-refractivity contribution < 1.29 is 9.53 Å². The van der Waals surface area contributed by atoms with Gasteiger partial charge in [0.05, 0.1) is 12.0 Å². The summed E-state index contributed by atoms with van der Waals surface area (Å²) in [6.07, 6.45) is 4.21. The third-order valence-electron chi connectivity index (χ3n) is 4.94. The number of nitrogens with zero attached hydrogens (tertiary/aromatic N) is 2. The van der Waals surface area contributed by atoms with E-state index < -0.39 is 0 Å². The van der Waals surface area contributed by atoms with Crippen molar-refractivity contribution in [1.82, 2.24) is 15.1 Å². The van der Waals surface area contributed by atoms with Gasteiger partial charge >= 0.3 is 0 Å². The van der Waals surface area contributed by atoms with Crippen LogP contribution in [0.4, 0.5) is 0 Å². The molecule has 0 aromatic heterocycles. The molecule has 0 saturated carbocycles. The van der Waals surface area contributed by atoms with E-state index in [0.29, 0.717) is 12.6 Å². The second kappa shape index (κ2) is 6.87. The Kier molecular flexibility index (Phi) is 5.41. The van der Waals surface area contributed by atoms with E-state index in [1.165, 1.54) is 12.8 Å². The zero-order valence-electron chi connectivity index (χ0n) is 13.2. The van der Waals surface area contributed by atoms with Gasteiger partial charge in [0.15, 0.2) is 0 Å². The molecule has 1 atom stereocenters. The van der Waals surface area contributed by atoms with Crippen LogP contribution in [0.1, 0.15) is 25.7 Å². The van der Waals surface area contributed by atoms with Gasteiger partial charge in [-0.1, -0.05) is 0 Å². The summed E-state index contributed by atoms with van der Waals surface area (Å²) in [5.41, 5.74) is -0.314. The van der Waals surface area contributed by atoms with Crippen LogP contribution in [0.3, 0.4) is 0 Å². The van der Waals surface area contributed by atoms with Gasteiger partial charge < -0.3 is 19.9 Å². The largest absolute Gasteiger partial charge is 0.384 e. The molecule has 2 rings (SSSR count). The predicted molar refractivity (Wildman–Crippen MR) is 79.7 cm³/mol. The molecule has 5 heteroatoms. The minimum absolute atomic E-state index is 0.265. The van der Waals surface area contributed by atoms with E-state index in [4.69, 9.17) is 4.74 Å². The molecule has 2 aliphatic rings. The van der Waals surface area contributed by atoms with Gasteiger partial charge in [0.25, 0.3) is 0 Å². The van der Waals surface area contributed by atoms with Crippen LogP contribution in [-0.4, -0.2) is 75.7 Å². The van der Waals surface area contributed by atoms with Crippen molar-refractivity contribution >= 4 is 5.91 Å². The number of likely N-dealkylation sites (N-methyl/N-ethyl adjacent to an activating group) is 2. The molecular weight excluding hydrogens is 254 g/mol. The van der Waals surface area contributed by atoms with Gasteiger partial charge in [-0.15, -0.1) is 0 Å². The summed E-state index contributed by atoms with van der Waals surface area (Å²) in [5.74, 6) is 0.265. The van der Waals surface area contributed by atoms with E-state index in [1.807, 2.05) is 11.9 Å². The summed E-state index contributed by atoms with van der Waals surface area (Å²) in [6, 6.07) is 0.519. The van der Waals surface area contributed by atoms with E-state index in [2.05, 4.69) is 17.3 Å². The fraction of sp³-hybridized carbons (Fsp3) is 0.933. The highest BCUT2D eigenvalue weighted by Gasteiger charge is 2.42. The van der Waals surface area contributed by atoms with Gasteiger partial charge in [-0.2, -0.15) is 0 Å². The maximum atomic E-state index is 12.9. The third-order valence-corrected chi connectivity index (χ3v) is 4.94. The van der Waals surface area contributed by atoms with Crippen LogP contribution in [0.15, 0.2) is 0 Å². The molecule has 0 aromatic carbocycles. The Morgan fingerprint density at radius 2 is 2.15 bits per heavy atom. The van der Waals surface area contributed by atoms with Crippen molar-refractivity contribution in [3.63, 3.8) is 0 Å². The molecule has 0 aromatic rings. The summed E-state index contributed by atoms with van der Waals surface area (Å²) in [6.45, 7) is 4.35. The maximum Gasteiger partial charge on any atom is 0.231 e. The van der Waals surface area contributed by atoms with E-state index >= 15 is 0 Å². The molecule has 0 aliphatic carbocycles. The Bertz CT molecular complexity index is 324. The lowest BCUT2D eigenvalue weighted by Crippen LogP contribution is -2.52. The molecule has 0 spiro atoms. The second-order valence-electron chi connectivity index (χ2n) is 6.43. The van der Waals surface area contributed by atoms with Crippen LogP contribution in [-0.2, 0) is 9.53 Å². The predicted octanol–water partition coefficient (Wildman–Crippen LogP) is 0.555. The van der Waals surface area contributed by atoms with Crippen molar-refractivity contribution in [1.29, 1.82) is 0 Å². The summed E-state index contributed by atoms with van der Waals surface area (Å²) < 4.78 is 5.36. The Labute approximate surface area is 122 Å². The van der Waals surface area contributed by atoms with Crippen LogP contribution in [0.5, 0.6) is 0 Å². The standard InChI is InChI=1S/C15H29N3O2/c1-17-10-4-5-13(17)11-18(2)14(19)15(12-20-3)6-8-16-9-7-15/h13,16H,4-12H2,1-3H3. The van der Waals surface area contributed by atoms with Gasteiger partial charge in [0.2, 0.25) is 5.91 Å². The number of nitrogens with one attached hydrogen (secondary N) is 1. The fourth-order valence-corrected chi connectivity index (χ4v) is 3.62. The first-order chi connectivity index (χ1) is 9.59. The second-order valence-corrected chi connectivity index (χ2v) is 6.43. The summed E-state index contributed by atoms with van der Waals surface area (Å²) in [5, 5.41) is 3.34. The molecule has 20 heavy (non-hydrogen) atoms. The number of hydrogen-bond donors (Lipinski definition) is 1. The highest BCUT2D eigenvalue weighted by atomic mass is 16.5. The van der Waals surface area contributed by atoms with E-state index in [9.17, 15) is 4.79 Å². The lowest BCUT2D eigenvalue weighted by atomic mass is 9.78. The Morgan fingerprint density at radius 3 is 2.70 bits per heavy atom. The number of rotatable bonds is 5. The number of hydrogen-bond acceptors (Lipinski definition) is 4. The number of piperidine rings is 1. The minimum atomic E-state index is -0.314. The smallest absolute Gasteiger partial charge is 0.231 e. The summed E-state index contributed by atoms with van der Waals surface area (Å²) in [4.78, 5) is 17.2. The topological polar surface area (TPSA) is 44.8 Å². The Morgan fingerprint density at radius 1 is 1.45 bits per heavy atom. The van der Waals surface area contributed by atoms with Crippen molar-refractivity contribution in [3.8, 4) is 0 Å². The van der Waals surface area contributed by atoms with Crippen LogP contribution < -0.4 is 5.32 Å². The average molecular weight is 283 g/mol. The molecule has 2 saturated heterocycles. The van der Waals surface area contributed by atoms with Gasteiger partial charge in [-0.3, -0.25) is 4.79 Å². The quantitative estimate of drug-likeness (QED) is 0.800. The number of likely N-dealkylation sites (tertiary alicyclic amines) is 1. The molecule has 1 unspecified atom stereocenters. The number of carbonyl (C=O) groups excluding carboxylic acids is 1. The monoisotopic (exact) mass is 283 g/mol. The SMILES string of the molecule is COCC1(C(=O)N(C)CC2CCCN2C)CCNCC1. The van der Waals surface area contributed by atoms with Crippen LogP contribution in [0, 0.1) is 5.41 Å². The lowest BCUT2D eigenvalue weighted by Gasteiger charge is -2.39. The number of ether oxygens (including phenoxy) is 1. The van der Waals surface area contributed by atoms with Gasteiger partial charge in [-0.05, 0) is 52.4 Å². The first-order valence-corrected chi connectivity index (χ1v) is 7.74. The molecule has 0 bridgehead atoms. The first-order valence-electron chi connectivity index (χ1n) is 7.74. The first kappa shape index (κ1) is 15.7. The van der Waals surface area contributed by atoms with Crippen molar-refractivity contribution in [3.05, 3.63) is 0 Å². The maximum absolute atomic E-state index is 12.9. The Hall–Kier alpha value is -0.650. The highest BCUT2D eigenvalue weighted by Crippen LogP contribution is 2.31. The average Bonchev–Trinajstić information content (AvgIpc) is 2.85. The molecule has 2 aliphatic heterocycles. The lowest BCUT2D eigenvalue weighted by molar-refractivity contribution is -0.146. The Balaban J connectivity index is 1.99. The van der Waals surface area contributed by atoms with E-state index in [-0.39, 0.29) is 11.3 Å². The number of amides is 1. The molecule has 2 fully saturated rings. The van der Waals surface area contributed by atoms with Crippen molar-refractivity contribution in [2.24, 2.45) is 5.41 Å². The van der Waals surface area contributed by atoms with E-state index in [0.717, 1.165) is 39.0 Å². The van der Waals surface area contributed by atoms with Crippen LogP contribution in [0.25, 0.3) is 0 Å². The van der Waals surface area contributed by atoms with E-state index in [1.54, 1.807) is 7.11 Å². The van der Waals surface area contributed by atoms with Crippen LogP contribution >= 0.6 is 0 Å². The molecule has 5 nitrogen and oxygen atoms in total. The normalized spacial score (nSPS) is 26.6. The number of methoxy groups -OCH3 is 1. The molecule has 1 amide bonds. The molecule has 1 N–H and O–H groups in total. The van der Waals surface area contributed by atoms with Crippen molar-refractivity contribution in [2.75, 3.05) is 54.0 Å². The fourth-order valence-electron chi connectivity index (χ4n) is 3.62. The molecule has 2 heterocycles. The zero-order chi connectivity index (χ0) is 14.6. The van der Waals surface area contributed by atoms with Gasteiger partial charge in [-0.25, -0.2) is 0 Å². The summed E-state index contributed by atoms with van der Waals surface area (Å²) >= 11 is 0. The zero-order valence-corrected chi connectivity index (χ0v) is 13.2. The van der Waals surface area contributed by atoms with Crippen LogP contribution in [0.2, 0.25) is 0 Å². The van der Waals surface area contributed by atoms with Gasteiger partial charge in [0, 0.05) is 26.7 Å². The van der Waals surface area contributed by atoms with Gasteiger partial charge in [0.1, 0.15) is 0 Å².